The number of hydrogen-bond donors (Lipinski definition) is 1. The molecular weight excluding hydrogens is 240 g/mol. The molecule has 1 aromatic carbocycles. The molecule has 1 aromatic rings. The predicted octanol–water partition coefficient (Wildman–Crippen LogP) is 1.31. The Morgan fingerprint density at radius 1 is 1.37 bits per heavy atom. The molecule has 2 rings (SSSR count). The van der Waals surface area contributed by atoms with E-state index in [9.17, 15) is 4.79 Å². The van der Waals surface area contributed by atoms with Crippen LogP contribution in [0.1, 0.15) is 12.5 Å². The van der Waals surface area contributed by atoms with E-state index in [-0.39, 0.29) is 11.8 Å². The molecule has 1 heterocycles. The maximum absolute atomic E-state index is 12.4. The fraction of sp³-hybridized carbons (Fsp3) is 0.533. The summed E-state index contributed by atoms with van der Waals surface area (Å²) in [6.45, 7) is 5.42. The average Bonchev–Trinajstić information content (AvgIpc) is 2.48. The van der Waals surface area contributed by atoms with Crippen molar-refractivity contribution in [1.82, 2.24) is 10.2 Å². The van der Waals surface area contributed by atoms with Crippen LogP contribution in [0.5, 0.6) is 5.75 Å². The van der Waals surface area contributed by atoms with Crippen LogP contribution >= 0.6 is 0 Å². The van der Waals surface area contributed by atoms with Gasteiger partial charge in [-0.2, -0.15) is 0 Å². The highest BCUT2D eigenvalue weighted by atomic mass is 16.5. The third-order valence-electron chi connectivity index (χ3n) is 3.57. The van der Waals surface area contributed by atoms with Crippen molar-refractivity contribution in [2.24, 2.45) is 5.92 Å². The van der Waals surface area contributed by atoms with Crippen LogP contribution < -0.4 is 10.1 Å². The SMILES string of the molecule is COc1ccccc1CC(C)C(=O)N1CCNCC1. The molecule has 1 fully saturated rings. The van der Waals surface area contributed by atoms with Crippen molar-refractivity contribution in [2.75, 3.05) is 33.3 Å². The van der Waals surface area contributed by atoms with Crippen molar-refractivity contribution >= 4 is 5.91 Å². The Bertz CT molecular complexity index is 428. The van der Waals surface area contributed by atoms with E-state index in [1.807, 2.05) is 36.1 Å². The zero-order valence-corrected chi connectivity index (χ0v) is 11.7. The molecule has 1 saturated heterocycles. The fourth-order valence-corrected chi connectivity index (χ4v) is 2.49. The van der Waals surface area contributed by atoms with E-state index in [1.165, 1.54) is 0 Å². The van der Waals surface area contributed by atoms with E-state index in [4.69, 9.17) is 4.74 Å². The largest absolute Gasteiger partial charge is 0.496 e. The first kappa shape index (κ1) is 13.9. The lowest BCUT2D eigenvalue weighted by atomic mass is 9.98. The number of para-hydroxylation sites is 1. The summed E-state index contributed by atoms with van der Waals surface area (Å²) in [7, 11) is 1.67. The maximum Gasteiger partial charge on any atom is 0.225 e. The minimum atomic E-state index is -0.00519. The predicted molar refractivity (Wildman–Crippen MR) is 75.3 cm³/mol. The van der Waals surface area contributed by atoms with Crippen LogP contribution in [0, 0.1) is 5.92 Å². The number of hydrogen-bond acceptors (Lipinski definition) is 3. The molecule has 104 valence electrons. The molecule has 19 heavy (non-hydrogen) atoms. The van der Waals surface area contributed by atoms with Crippen molar-refractivity contribution in [3.8, 4) is 5.75 Å². The smallest absolute Gasteiger partial charge is 0.225 e. The number of methoxy groups -OCH3 is 1. The lowest BCUT2D eigenvalue weighted by Crippen LogP contribution is -2.48. The van der Waals surface area contributed by atoms with Crippen molar-refractivity contribution in [3.63, 3.8) is 0 Å². The molecule has 1 aliphatic heterocycles. The molecule has 0 bridgehead atoms. The molecule has 0 aromatic heterocycles. The lowest BCUT2D eigenvalue weighted by Gasteiger charge is -2.30. The van der Waals surface area contributed by atoms with E-state index in [1.54, 1.807) is 7.11 Å². The summed E-state index contributed by atoms with van der Waals surface area (Å²) in [5.41, 5.74) is 1.10. The summed E-state index contributed by atoms with van der Waals surface area (Å²) in [6, 6.07) is 7.91. The third-order valence-corrected chi connectivity index (χ3v) is 3.57. The molecule has 1 N–H and O–H groups in total. The Morgan fingerprint density at radius 2 is 2.05 bits per heavy atom. The first-order valence-electron chi connectivity index (χ1n) is 6.83. The average molecular weight is 262 g/mol. The molecule has 4 heteroatoms. The van der Waals surface area contributed by atoms with Crippen molar-refractivity contribution < 1.29 is 9.53 Å². The second-order valence-electron chi connectivity index (χ2n) is 4.99. The van der Waals surface area contributed by atoms with Gasteiger partial charge in [-0.15, -0.1) is 0 Å². The number of nitrogens with zero attached hydrogens (tertiary/aromatic N) is 1. The summed E-state index contributed by atoms with van der Waals surface area (Å²) < 4.78 is 5.34. The van der Waals surface area contributed by atoms with Gasteiger partial charge in [-0.05, 0) is 18.1 Å². The molecule has 0 radical (unpaired) electrons. The Hall–Kier alpha value is -1.55. The molecule has 1 unspecified atom stereocenters. The second kappa shape index (κ2) is 6.57. The zero-order chi connectivity index (χ0) is 13.7. The number of carbonyl (C=O) groups is 1. The molecule has 1 aliphatic rings. The fourth-order valence-electron chi connectivity index (χ4n) is 2.49. The summed E-state index contributed by atoms with van der Waals surface area (Å²) in [6.07, 6.45) is 0.729. The van der Waals surface area contributed by atoms with Gasteiger partial charge in [-0.3, -0.25) is 4.79 Å². The summed E-state index contributed by atoms with van der Waals surface area (Å²) in [5, 5.41) is 3.26. The van der Waals surface area contributed by atoms with Gasteiger partial charge in [0.05, 0.1) is 7.11 Å². The van der Waals surface area contributed by atoms with Crippen molar-refractivity contribution in [1.29, 1.82) is 0 Å². The van der Waals surface area contributed by atoms with Gasteiger partial charge in [0.1, 0.15) is 5.75 Å². The van der Waals surface area contributed by atoms with Gasteiger partial charge >= 0.3 is 0 Å². The number of piperazine rings is 1. The highest BCUT2D eigenvalue weighted by Crippen LogP contribution is 2.21. The molecule has 4 nitrogen and oxygen atoms in total. The molecule has 1 amide bonds. The van der Waals surface area contributed by atoms with Crippen LogP contribution in [0.4, 0.5) is 0 Å². The first-order valence-corrected chi connectivity index (χ1v) is 6.83. The van der Waals surface area contributed by atoms with E-state index in [2.05, 4.69) is 5.32 Å². The summed E-state index contributed by atoms with van der Waals surface area (Å²) in [5.74, 6) is 1.10. The quantitative estimate of drug-likeness (QED) is 0.889. The topological polar surface area (TPSA) is 41.6 Å². The van der Waals surface area contributed by atoms with Crippen LogP contribution in [-0.4, -0.2) is 44.1 Å². The summed E-state index contributed by atoms with van der Waals surface area (Å²) >= 11 is 0. The number of amides is 1. The van der Waals surface area contributed by atoms with E-state index in [0.717, 1.165) is 43.9 Å². The van der Waals surface area contributed by atoms with Gasteiger partial charge in [-0.1, -0.05) is 25.1 Å². The normalized spacial score (nSPS) is 17.1. The Kier molecular flexibility index (Phi) is 4.80. The minimum absolute atomic E-state index is 0.00519. The van der Waals surface area contributed by atoms with Gasteiger partial charge in [0.25, 0.3) is 0 Å². The van der Waals surface area contributed by atoms with Gasteiger partial charge in [0.2, 0.25) is 5.91 Å². The highest BCUT2D eigenvalue weighted by Gasteiger charge is 2.22. The number of nitrogens with one attached hydrogen (secondary N) is 1. The summed E-state index contributed by atoms with van der Waals surface area (Å²) in [4.78, 5) is 14.3. The molecule has 0 aliphatic carbocycles. The minimum Gasteiger partial charge on any atom is -0.496 e. The third kappa shape index (κ3) is 3.47. The van der Waals surface area contributed by atoms with Crippen LogP contribution in [0.15, 0.2) is 24.3 Å². The maximum atomic E-state index is 12.4. The van der Waals surface area contributed by atoms with Crippen molar-refractivity contribution in [3.05, 3.63) is 29.8 Å². The molecule has 0 saturated carbocycles. The number of rotatable bonds is 4. The monoisotopic (exact) mass is 262 g/mol. The standard InChI is InChI=1S/C15H22N2O2/c1-12(15(18)17-9-7-16-8-10-17)11-13-5-3-4-6-14(13)19-2/h3-6,12,16H,7-11H2,1-2H3. The molecule has 0 spiro atoms. The van der Waals surface area contributed by atoms with E-state index >= 15 is 0 Å². The van der Waals surface area contributed by atoms with Gasteiger partial charge in [-0.25, -0.2) is 0 Å². The van der Waals surface area contributed by atoms with Crippen LogP contribution in [-0.2, 0) is 11.2 Å². The lowest BCUT2D eigenvalue weighted by molar-refractivity contribution is -0.135. The van der Waals surface area contributed by atoms with Gasteiger partial charge < -0.3 is 15.0 Å². The first-order chi connectivity index (χ1) is 9.22. The number of carbonyl (C=O) groups excluding carboxylic acids is 1. The Morgan fingerprint density at radius 3 is 2.74 bits per heavy atom. The Labute approximate surface area is 114 Å². The highest BCUT2D eigenvalue weighted by molar-refractivity contribution is 5.79. The zero-order valence-electron chi connectivity index (χ0n) is 11.7. The van der Waals surface area contributed by atoms with Gasteiger partial charge in [0, 0.05) is 32.1 Å². The molecular formula is C15H22N2O2. The van der Waals surface area contributed by atoms with Crippen LogP contribution in [0.2, 0.25) is 0 Å². The van der Waals surface area contributed by atoms with Gasteiger partial charge in [0.15, 0.2) is 0 Å². The van der Waals surface area contributed by atoms with E-state index < -0.39 is 0 Å². The van der Waals surface area contributed by atoms with E-state index in [0.29, 0.717) is 0 Å². The second-order valence-corrected chi connectivity index (χ2v) is 4.99. The molecule has 1 atom stereocenters. The number of ether oxygens (including phenoxy) is 1. The Balaban J connectivity index is 1.99. The van der Waals surface area contributed by atoms with Crippen LogP contribution in [0.25, 0.3) is 0 Å². The van der Waals surface area contributed by atoms with Crippen LogP contribution in [0.3, 0.4) is 0 Å². The number of benzene rings is 1. The van der Waals surface area contributed by atoms with Crippen molar-refractivity contribution in [2.45, 2.75) is 13.3 Å².